The molecular formula is C16H26ClN3O3S. The van der Waals surface area contributed by atoms with Crippen LogP contribution in [0.5, 0.6) is 0 Å². The summed E-state index contributed by atoms with van der Waals surface area (Å²) in [5, 5.41) is 6.37. The van der Waals surface area contributed by atoms with Crippen LogP contribution in [0.15, 0.2) is 29.2 Å². The molecule has 6 nitrogen and oxygen atoms in total. The third-order valence-corrected chi connectivity index (χ3v) is 5.75. The second-order valence-electron chi connectivity index (χ2n) is 6.00. The molecule has 8 heteroatoms. The van der Waals surface area contributed by atoms with Gasteiger partial charge >= 0.3 is 0 Å². The molecule has 0 saturated carbocycles. The van der Waals surface area contributed by atoms with Crippen LogP contribution in [0, 0.1) is 5.92 Å². The van der Waals surface area contributed by atoms with Crippen LogP contribution < -0.4 is 15.4 Å². The number of rotatable bonds is 6. The average Bonchev–Trinajstić information content (AvgIpc) is 2.55. The zero-order chi connectivity index (χ0) is 16.9. The molecule has 0 aliphatic carbocycles. The molecule has 1 heterocycles. The molecule has 0 bridgehead atoms. The Morgan fingerprint density at radius 3 is 2.54 bits per heavy atom. The Morgan fingerprint density at radius 1 is 1.29 bits per heavy atom. The third-order valence-electron chi connectivity index (χ3n) is 4.32. The maximum absolute atomic E-state index is 12.1. The number of nitrogens with one attached hydrogen (secondary N) is 3. The van der Waals surface area contributed by atoms with Crippen molar-refractivity contribution in [1.82, 2.24) is 15.4 Å². The van der Waals surface area contributed by atoms with Crippen molar-refractivity contribution in [1.29, 1.82) is 0 Å². The number of hydrogen-bond acceptors (Lipinski definition) is 4. The fourth-order valence-corrected chi connectivity index (χ4v) is 3.40. The Bertz CT molecular complexity index is 634. The molecule has 1 saturated heterocycles. The lowest BCUT2D eigenvalue weighted by Crippen LogP contribution is -2.50. The Morgan fingerprint density at radius 2 is 1.96 bits per heavy atom. The predicted molar refractivity (Wildman–Crippen MR) is 96.8 cm³/mol. The van der Waals surface area contributed by atoms with Gasteiger partial charge in [-0.15, -0.1) is 12.4 Å². The molecule has 2 atom stereocenters. The van der Waals surface area contributed by atoms with Gasteiger partial charge in [0.05, 0.1) is 4.90 Å². The quantitative estimate of drug-likeness (QED) is 0.694. The molecule has 2 rings (SSSR count). The van der Waals surface area contributed by atoms with Crippen LogP contribution in [0.2, 0.25) is 0 Å². The molecule has 1 aliphatic heterocycles. The fourth-order valence-electron chi connectivity index (χ4n) is 2.67. The lowest BCUT2D eigenvalue weighted by atomic mass is 9.94. The highest BCUT2D eigenvalue weighted by Crippen LogP contribution is 2.13. The normalized spacial score (nSPS) is 20.9. The van der Waals surface area contributed by atoms with E-state index in [-0.39, 0.29) is 29.3 Å². The Balaban J connectivity index is 0.00000288. The minimum atomic E-state index is -3.41. The number of aryl methyl sites for hydroxylation is 1. The van der Waals surface area contributed by atoms with Crippen LogP contribution in [0.1, 0.15) is 25.3 Å². The standard InChI is InChI=1S/C16H25N3O3S.ClH/c1-12-9-10-18-11-15(12)19-16(20)8-5-13-3-6-14(7-4-13)23(21,22)17-2;/h3-4,6-7,12,15,17-18H,5,8-11H2,1-2H3,(H,19,20);1H. The molecule has 1 aliphatic rings. The number of sulfonamides is 1. The summed E-state index contributed by atoms with van der Waals surface area (Å²) in [5.74, 6) is 0.531. The molecule has 1 fully saturated rings. The van der Waals surface area contributed by atoms with Crippen molar-refractivity contribution >= 4 is 28.3 Å². The Labute approximate surface area is 150 Å². The van der Waals surface area contributed by atoms with Gasteiger partial charge in [0, 0.05) is 19.0 Å². The number of carbonyl (C=O) groups is 1. The van der Waals surface area contributed by atoms with Crippen LogP contribution >= 0.6 is 12.4 Å². The lowest BCUT2D eigenvalue weighted by Gasteiger charge is -2.30. The minimum Gasteiger partial charge on any atom is -0.352 e. The first-order valence-corrected chi connectivity index (χ1v) is 9.43. The molecule has 2 unspecified atom stereocenters. The summed E-state index contributed by atoms with van der Waals surface area (Å²) in [7, 11) is -2.02. The highest BCUT2D eigenvalue weighted by Gasteiger charge is 2.22. The van der Waals surface area contributed by atoms with E-state index in [1.54, 1.807) is 24.3 Å². The molecule has 3 N–H and O–H groups in total. The first-order valence-electron chi connectivity index (χ1n) is 7.95. The van der Waals surface area contributed by atoms with Crippen LogP contribution in [0.3, 0.4) is 0 Å². The van der Waals surface area contributed by atoms with Crippen LogP contribution in [-0.4, -0.2) is 40.5 Å². The number of hydrogen-bond donors (Lipinski definition) is 3. The zero-order valence-electron chi connectivity index (χ0n) is 14.0. The van der Waals surface area contributed by atoms with Gasteiger partial charge < -0.3 is 10.6 Å². The van der Waals surface area contributed by atoms with E-state index in [0.29, 0.717) is 18.8 Å². The van der Waals surface area contributed by atoms with E-state index in [4.69, 9.17) is 0 Å². The predicted octanol–water partition coefficient (Wildman–Crippen LogP) is 1.06. The van der Waals surface area contributed by atoms with E-state index in [2.05, 4.69) is 22.3 Å². The Hall–Kier alpha value is -1.15. The minimum absolute atomic E-state index is 0. The monoisotopic (exact) mass is 375 g/mol. The molecule has 0 spiro atoms. The van der Waals surface area contributed by atoms with E-state index >= 15 is 0 Å². The van der Waals surface area contributed by atoms with Gasteiger partial charge in [-0.3, -0.25) is 4.79 Å². The lowest BCUT2D eigenvalue weighted by molar-refractivity contribution is -0.122. The van der Waals surface area contributed by atoms with Gasteiger partial charge in [-0.05, 0) is 50.0 Å². The summed E-state index contributed by atoms with van der Waals surface area (Å²) in [6, 6.07) is 6.82. The summed E-state index contributed by atoms with van der Waals surface area (Å²) in [6.07, 6.45) is 2.08. The SMILES string of the molecule is CNS(=O)(=O)c1ccc(CCC(=O)NC2CNCCC2C)cc1.Cl. The number of carbonyl (C=O) groups excluding carboxylic acids is 1. The van der Waals surface area contributed by atoms with Crippen molar-refractivity contribution < 1.29 is 13.2 Å². The van der Waals surface area contributed by atoms with E-state index in [1.807, 2.05) is 0 Å². The van der Waals surface area contributed by atoms with E-state index < -0.39 is 10.0 Å². The molecule has 1 aromatic rings. The molecule has 1 amide bonds. The van der Waals surface area contributed by atoms with Gasteiger partial charge in [-0.25, -0.2) is 13.1 Å². The van der Waals surface area contributed by atoms with Gasteiger partial charge in [0.15, 0.2) is 0 Å². The van der Waals surface area contributed by atoms with Crippen LogP contribution in [-0.2, 0) is 21.2 Å². The number of amides is 1. The fraction of sp³-hybridized carbons (Fsp3) is 0.562. The zero-order valence-corrected chi connectivity index (χ0v) is 15.7. The van der Waals surface area contributed by atoms with Crippen molar-refractivity contribution in [3.05, 3.63) is 29.8 Å². The summed E-state index contributed by atoms with van der Waals surface area (Å²) < 4.78 is 25.6. The number of benzene rings is 1. The highest BCUT2D eigenvalue weighted by molar-refractivity contribution is 7.89. The van der Waals surface area contributed by atoms with E-state index in [0.717, 1.165) is 25.1 Å². The first kappa shape index (κ1) is 20.9. The molecule has 0 aromatic heterocycles. The number of piperidine rings is 1. The smallest absolute Gasteiger partial charge is 0.240 e. The summed E-state index contributed by atoms with van der Waals surface area (Å²) in [6.45, 7) is 3.99. The van der Waals surface area contributed by atoms with Crippen molar-refractivity contribution in [2.45, 2.75) is 37.1 Å². The van der Waals surface area contributed by atoms with Crippen molar-refractivity contribution in [2.75, 3.05) is 20.1 Å². The summed E-state index contributed by atoms with van der Waals surface area (Å²) >= 11 is 0. The molecule has 136 valence electrons. The number of halogens is 1. The molecule has 1 aromatic carbocycles. The second kappa shape index (κ2) is 9.36. The van der Waals surface area contributed by atoms with Crippen LogP contribution in [0.25, 0.3) is 0 Å². The largest absolute Gasteiger partial charge is 0.352 e. The maximum atomic E-state index is 12.1. The summed E-state index contributed by atoms with van der Waals surface area (Å²) in [4.78, 5) is 12.3. The van der Waals surface area contributed by atoms with E-state index in [9.17, 15) is 13.2 Å². The second-order valence-corrected chi connectivity index (χ2v) is 7.88. The van der Waals surface area contributed by atoms with Gasteiger partial charge in [0.25, 0.3) is 0 Å². The van der Waals surface area contributed by atoms with Crippen LogP contribution in [0.4, 0.5) is 0 Å². The highest BCUT2D eigenvalue weighted by atomic mass is 35.5. The summed E-state index contributed by atoms with van der Waals surface area (Å²) in [5.41, 5.74) is 0.949. The third kappa shape index (κ3) is 5.73. The molecule has 0 radical (unpaired) electrons. The van der Waals surface area contributed by atoms with Gasteiger partial charge in [-0.1, -0.05) is 19.1 Å². The van der Waals surface area contributed by atoms with Crippen molar-refractivity contribution in [3.8, 4) is 0 Å². The van der Waals surface area contributed by atoms with Gasteiger partial charge in [-0.2, -0.15) is 0 Å². The maximum Gasteiger partial charge on any atom is 0.240 e. The molecular weight excluding hydrogens is 350 g/mol. The van der Waals surface area contributed by atoms with E-state index in [1.165, 1.54) is 7.05 Å². The van der Waals surface area contributed by atoms with Crippen molar-refractivity contribution in [3.63, 3.8) is 0 Å². The van der Waals surface area contributed by atoms with Gasteiger partial charge in [0.1, 0.15) is 0 Å². The van der Waals surface area contributed by atoms with Gasteiger partial charge in [0.2, 0.25) is 15.9 Å². The topological polar surface area (TPSA) is 87.3 Å². The first-order chi connectivity index (χ1) is 10.9. The average molecular weight is 376 g/mol. The Kier molecular flexibility index (Phi) is 8.15. The molecule has 24 heavy (non-hydrogen) atoms. The van der Waals surface area contributed by atoms with Crippen molar-refractivity contribution in [2.24, 2.45) is 5.92 Å².